The van der Waals surface area contributed by atoms with E-state index in [9.17, 15) is 14.4 Å². The van der Waals surface area contributed by atoms with Crippen molar-refractivity contribution < 1.29 is 28.6 Å². The van der Waals surface area contributed by atoms with E-state index in [1.807, 2.05) is 0 Å². The predicted octanol–water partition coefficient (Wildman–Crippen LogP) is 19.8. The van der Waals surface area contributed by atoms with Gasteiger partial charge in [-0.1, -0.05) is 256 Å². The first-order valence-corrected chi connectivity index (χ1v) is 29.6. The van der Waals surface area contributed by atoms with Crippen molar-refractivity contribution in [2.45, 2.75) is 316 Å². The van der Waals surface area contributed by atoms with Gasteiger partial charge in [-0.2, -0.15) is 0 Å². The number of carbonyl (C=O) groups excluding carboxylic acids is 3. The Morgan fingerprint density at radius 1 is 0.294 bits per heavy atom. The lowest BCUT2D eigenvalue weighted by Crippen LogP contribution is -2.30. The highest BCUT2D eigenvalue weighted by atomic mass is 16.6. The van der Waals surface area contributed by atoms with Crippen molar-refractivity contribution in [3.05, 3.63) is 48.6 Å². The second-order valence-corrected chi connectivity index (χ2v) is 19.9. The fourth-order valence-corrected chi connectivity index (χ4v) is 8.56. The number of ether oxygens (including phenoxy) is 3. The molecule has 0 saturated carbocycles. The predicted molar refractivity (Wildman–Crippen MR) is 293 cm³/mol. The topological polar surface area (TPSA) is 78.9 Å². The quantitative estimate of drug-likeness (QED) is 0.0262. The van der Waals surface area contributed by atoms with Crippen LogP contribution < -0.4 is 0 Å². The van der Waals surface area contributed by atoms with Gasteiger partial charge in [-0.15, -0.1) is 0 Å². The standard InChI is InChI=1S/C62H112O6/c1-4-7-10-13-15-17-19-21-23-24-25-26-27-28-29-30-31-32-33-34-35-36-37-38-39-41-42-44-46-49-52-55-61(64)67-58-59(57-66-60(63)54-51-48-12-9-6-3)68-62(65)56-53-50-47-45-43-40-22-20-18-16-14-11-8-5-2/h19-22,24-25,27-28,59H,4-18,23,26,29-58H2,1-3H3/b21-19-,22-20-,25-24-,28-27-. The summed E-state index contributed by atoms with van der Waals surface area (Å²) in [6.07, 6.45) is 70.2. The molecule has 0 rings (SSSR count). The molecule has 0 aliphatic heterocycles. The lowest BCUT2D eigenvalue weighted by Gasteiger charge is -2.18. The number of unbranched alkanes of at least 4 members (excludes halogenated alkanes) is 35. The maximum Gasteiger partial charge on any atom is 0.306 e. The fraction of sp³-hybridized carbons (Fsp3) is 0.823. The third kappa shape index (κ3) is 54.3. The Morgan fingerprint density at radius 2 is 0.529 bits per heavy atom. The van der Waals surface area contributed by atoms with Crippen LogP contribution in [0.25, 0.3) is 0 Å². The zero-order valence-corrected chi connectivity index (χ0v) is 45.4. The van der Waals surface area contributed by atoms with Crippen LogP contribution in [0.4, 0.5) is 0 Å². The first-order chi connectivity index (χ1) is 33.5. The van der Waals surface area contributed by atoms with Crippen LogP contribution in [0.3, 0.4) is 0 Å². The molecule has 0 aliphatic carbocycles. The third-order valence-electron chi connectivity index (χ3n) is 13.1. The Kier molecular flexibility index (Phi) is 54.8. The zero-order chi connectivity index (χ0) is 49.3. The molecule has 0 aromatic heterocycles. The smallest absolute Gasteiger partial charge is 0.306 e. The highest BCUT2D eigenvalue weighted by molar-refractivity contribution is 5.71. The Hall–Kier alpha value is -2.63. The summed E-state index contributed by atoms with van der Waals surface area (Å²) in [5.41, 5.74) is 0. The van der Waals surface area contributed by atoms with Crippen molar-refractivity contribution in [1.82, 2.24) is 0 Å². The van der Waals surface area contributed by atoms with Crippen LogP contribution in [-0.4, -0.2) is 37.2 Å². The second-order valence-electron chi connectivity index (χ2n) is 19.9. The van der Waals surface area contributed by atoms with E-state index in [0.29, 0.717) is 19.3 Å². The van der Waals surface area contributed by atoms with Gasteiger partial charge in [0.05, 0.1) is 0 Å². The molecule has 0 saturated heterocycles. The molecule has 6 nitrogen and oxygen atoms in total. The van der Waals surface area contributed by atoms with Crippen molar-refractivity contribution >= 4 is 17.9 Å². The van der Waals surface area contributed by atoms with E-state index in [4.69, 9.17) is 14.2 Å². The molecule has 1 atom stereocenters. The van der Waals surface area contributed by atoms with E-state index in [1.54, 1.807) is 0 Å². The first kappa shape index (κ1) is 65.4. The average molecular weight is 954 g/mol. The monoisotopic (exact) mass is 953 g/mol. The van der Waals surface area contributed by atoms with E-state index in [2.05, 4.69) is 69.4 Å². The van der Waals surface area contributed by atoms with Gasteiger partial charge in [0.15, 0.2) is 6.10 Å². The van der Waals surface area contributed by atoms with Crippen molar-refractivity contribution in [2.75, 3.05) is 13.2 Å². The van der Waals surface area contributed by atoms with Crippen LogP contribution in [0.15, 0.2) is 48.6 Å². The maximum absolute atomic E-state index is 12.7. The highest BCUT2D eigenvalue weighted by Crippen LogP contribution is 2.16. The molecule has 396 valence electrons. The van der Waals surface area contributed by atoms with Gasteiger partial charge in [-0.3, -0.25) is 14.4 Å². The largest absolute Gasteiger partial charge is 0.462 e. The van der Waals surface area contributed by atoms with Crippen LogP contribution >= 0.6 is 0 Å². The number of allylic oxidation sites excluding steroid dienone is 8. The van der Waals surface area contributed by atoms with Gasteiger partial charge in [0.1, 0.15) is 13.2 Å². The molecule has 0 aromatic rings. The van der Waals surface area contributed by atoms with Crippen molar-refractivity contribution in [2.24, 2.45) is 0 Å². The molecule has 0 heterocycles. The van der Waals surface area contributed by atoms with Crippen molar-refractivity contribution in [3.63, 3.8) is 0 Å². The van der Waals surface area contributed by atoms with Gasteiger partial charge in [-0.25, -0.2) is 0 Å². The molecule has 0 radical (unpaired) electrons. The summed E-state index contributed by atoms with van der Waals surface area (Å²) in [6.45, 7) is 6.55. The molecule has 0 spiro atoms. The lowest BCUT2D eigenvalue weighted by atomic mass is 10.0. The normalized spacial score (nSPS) is 12.3. The maximum atomic E-state index is 12.7. The van der Waals surface area contributed by atoms with Crippen LogP contribution in [0.1, 0.15) is 310 Å². The van der Waals surface area contributed by atoms with Gasteiger partial charge in [0.2, 0.25) is 0 Å². The van der Waals surface area contributed by atoms with Crippen LogP contribution in [-0.2, 0) is 28.6 Å². The SMILES string of the molecule is CCCCCCC/C=C\C/C=C\C/C=C\CCCCCCCCCCCCCCCCCCC(=O)OCC(COC(=O)CCCCCCC)OC(=O)CCCCCCC/C=C\CCCCCCC. The Bertz CT molecular complexity index is 1190. The highest BCUT2D eigenvalue weighted by Gasteiger charge is 2.19. The zero-order valence-electron chi connectivity index (χ0n) is 45.4. The van der Waals surface area contributed by atoms with Gasteiger partial charge in [-0.05, 0) is 83.5 Å². The lowest BCUT2D eigenvalue weighted by molar-refractivity contribution is -0.167. The summed E-state index contributed by atoms with van der Waals surface area (Å²) in [5, 5.41) is 0. The molecule has 0 bridgehead atoms. The minimum atomic E-state index is -0.771. The van der Waals surface area contributed by atoms with Crippen LogP contribution in [0.2, 0.25) is 0 Å². The number of rotatable bonds is 54. The molecule has 0 fully saturated rings. The van der Waals surface area contributed by atoms with Crippen molar-refractivity contribution in [1.29, 1.82) is 0 Å². The Balaban J connectivity index is 3.95. The second kappa shape index (κ2) is 57.0. The molecular weight excluding hydrogens is 841 g/mol. The first-order valence-electron chi connectivity index (χ1n) is 29.6. The molecular formula is C62H112O6. The van der Waals surface area contributed by atoms with E-state index < -0.39 is 6.10 Å². The number of esters is 3. The van der Waals surface area contributed by atoms with Crippen LogP contribution in [0.5, 0.6) is 0 Å². The number of hydrogen-bond donors (Lipinski definition) is 0. The molecule has 0 aromatic carbocycles. The summed E-state index contributed by atoms with van der Waals surface area (Å²) in [7, 11) is 0. The minimum Gasteiger partial charge on any atom is -0.462 e. The van der Waals surface area contributed by atoms with E-state index in [1.165, 1.54) is 186 Å². The van der Waals surface area contributed by atoms with E-state index in [-0.39, 0.29) is 31.1 Å². The summed E-state index contributed by atoms with van der Waals surface area (Å²) in [5.74, 6) is -0.886. The van der Waals surface area contributed by atoms with Crippen LogP contribution in [0, 0.1) is 0 Å². The minimum absolute atomic E-state index is 0.0740. The molecule has 0 aliphatic rings. The summed E-state index contributed by atoms with van der Waals surface area (Å²) in [4.78, 5) is 37.7. The summed E-state index contributed by atoms with van der Waals surface area (Å²) < 4.78 is 16.7. The summed E-state index contributed by atoms with van der Waals surface area (Å²) >= 11 is 0. The fourth-order valence-electron chi connectivity index (χ4n) is 8.56. The molecule has 1 unspecified atom stereocenters. The van der Waals surface area contributed by atoms with E-state index in [0.717, 1.165) is 83.5 Å². The number of hydrogen-bond acceptors (Lipinski definition) is 6. The third-order valence-corrected chi connectivity index (χ3v) is 13.1. The van der Waals surface area contributed by atoms with Crippen molar-refractivity contribution in [3.8, 4) is 0 Å². The molecule has 0 N–H and O–H groups in total. The van der Waals surface area contributed by atoms with E-state index >= 15 is 0 Å². The number of carbonyl (C=O) groups is 3. The molecule has 6 heteroatoms. The Morgan fingerprint density at radius 3 is 0.838 bits per heavy atom. The van der Waals surface area contributed by atoms with Gasteiger partial charge < -0.3 is 14.2 Å². The summed E-state index contributed by atoms with van der Waals surface area (Å²) in [6, 6.07) is 0. The Labute approximate surface area is 422 Å². The van der Waals surface area contributed by atoms with Gasteiger partial charge in [0.25, 0.3) is 0 Å². The average Bonchev–Trinajstić information content (AvgIpc) is 3.34. The van der Waals surface area contributed by atoms with Gasteiger partial charge >= 0.3 is 17.9 Å². The molecule has 0 amide bonds. The van der Waals surface area contributed by atoms with Gasteiger partial charge in [0, 0.05) is 19.3 Å². The molecule has 68 heavy (non-hydrogen) atoms.